The Labute approximate surface area is 124 Å². The van der Waals surface area contributed by atoms with Gasteiger partial charge in [0.05, 0.1) is 12.2 Å². The summed E-state index contributed by atoms with van der Waals surface area (Å²) in [6, 6.07) is 4.25. The Bertz CT molecular complexity index is 626. The van der Waals surface area contributed by atoms with Crippen molar-refractivity contribution in [3.05, 3.63) is 35.3 Å². The molecule has 0 bridgehead atoms. The first kappa shape index (κ1) is 15.0. The molecule has 2 heterocycles. The molecule has 0 aliphatic heterocycles. The number of hydrogen-bond donors (Lipinski definition) is 1. The fourth-order valence-corrected chi connectivity index (χ4v) is 2.36. The van der Waals surface area contributed by atoms with E-state index in [-0.39, 0.29) is 6.04 Å². The largest absolute Gasteiger partial charge is 0.363 e. The minimum Gasteiger partial charge on any atom is -0.363 e. The number of rotatable bonds is 6. The molecule has 6 nitrogen and oxygen atoms in total. The molecule has 0 radical (unpaired) electrons. The average Bonchev–Trinajstić information content (AvgIpc) is 2.99. The van der Waals surface area contributed by atoms with Gasteiger partial charge < -0.3 is 5.32 Å². The zero-order valence-corrected chi connectivity index (χ0v) is 12.7. The van der Waals surface area contributed by atoms with Crippen molar-refractivity contribution in [3.8, 4) is 6.07 Å². The molecule has 0 fully saturated rings. The summed E-state index contributed by atoms with van der Waals surface area (Å²) in [5, 5.41) is 25.3. The summed E-state index contributed by atoms with van der Waals surface area (Å²) >= 11 is 0. The molecule has 0 spiro atoms. The zero-order chi connectivity index (χ0) is 15.2. The van der Waals surface area contributed by atoms with Crippen LogP contribution in [0.25, 0.3) is 0 Å². The van der Waals surface area contributed by atoms with Crippen molar-refractivity contribution in [2.24, 2.45) is 0 Å². The molecule has 110 valence electrons. The molecule has 0 saturated heterocycles. The van der Waals surface area contributed by atoms with Gasteiger partial charge >= 0.3 is 0 Å². The van der Waals surface area contributed by atoms with E-state index in [4.69, 9.17) is 0 Å². The van der Waals surface area contributed by atoms with Crippen molar-refractivity contribution in [2.45, 2.75) is 46.2 Å². The number of nitrogens with zero attached hydrogens (tertiary/aromatic N) is 5. The van der Waals surface area contributed by atoms with Gasteiger partial charge in [-0.3, -0.25) is 4.68 Å². The van der Waals surface area contributed by atoms with E-state index >= 15 is 0 Å². The van der Waals surface area contributed by atoms with Crippen molar-refractivity contribution >= 4 is 5.82 Å². The zero-order valence-electron chi connectivity index (χ0n) is 12.7. The first-order chi connectivity index (χ1) is 10.2. The molecule has 0 saturated carbocycles. The summed E-state index contributed by atoms with van der Waals surface area (Å²) in [6.45, 7) is 6.80. The second-order valence-corrected chi connectivity index (χ2v) is 4.94. The highest BCUT2D eigenvalue weighted by atomic mass is 15.3. The monoisotopic (exact) mass is 284 g/mol. The Balaban J connectivity index is 2.21. The molecule has 0 aromatic carbocycles. The Kier molecular flexibility index (Phi) is 4.88. The predicted molar refractivity (Wildman–Crippen MR) is 80.8 cm³/mol. The van der Waals surface area contributed by atoms with Gasteiger partial charge in [0, 0.05) is 18.4 Å². The van der Waals surface area contributed by atoms with Gasteiger partial charge in [-0.25, -0.2) is 0 Å². The summed E-state index contributed by atoms with van der Waals surface area (Å²) < 4.78 is 1.85. The first-order valence-electron chi connectivity index (χ1n) is 7.22. The van der Waals surface area contributed by atoms with E-state index in [2.05, 4.69) is 26.7 Å². The SMILES string of the molecule is CCc1nnc(NC(C)Cn2cccn2)c(C#N)c1CC. The van der Waals surface area contributed by atoms with Crippen LogP contribution in [-0.4, -0.2) is 26.0 Å². The van der Waals surface area contributed by atoms with Gasteiger partial charge in [0.1, 0.15) is 11.6 Å². The molecule has 2 aromatic heterocycles. The lowest BCUT2D eigenvalue weighted by atomic mass is 10.0. The minimum absolute atomic E-state index is 0.100. The van der Waals surface area contributed by atoms with Crippen LogP contribution in [0.5, 0.6) is 0 Å². The van der Waals surface area contributed by atoms with E-state index in [9.17, 15) is 5.26 Å². The summed E-state index contributed by atoms with van der Waals surface area (Å²) in [4.78, 5) is 0. The lowest BCUT2D eigenvalue weighted by Crippen LogP contribution is -2.24. The maximum Gasteiger partial charge on any atom is 0.167 e. The molecule has 6 heteroatoms. The lowest BCUT2D eigenvalue weighted by Gasteiger charge is -2.17. The van der Waals surface area contributed by atoms with Crippen molar-refractivity contribution in [1.82, 2.24) is 20.0 Å². The highest BCUT2D eigenvalue weighted by molar-refractivity contribution is 5.56. The Morgan fingerprint density at radius 1 is 1.33 bits per heavy atom. The van der Waals surface area contributed by atoms with Crippen molar-refractivity contribution < 1.29 is 0 Å². The van der Waals surface area contributed by atoms with Crippen LogP contribution in [-0.2, 0) is 19.4 Å². The molecular formula is C15H20N6. The number of aryl methyl sites for hydroxylation is 1. The van der Waals surface area contributed by atoms with E-state index in [0.717, 1.165) is 24.1 Å². The van der Waals surface area contributed by atoms with E-state index < -0.39 is 0 Å². The predicted octanol–water partition coefficient (Wildman–Crippen LogP) is 2.17. The standard InChI is InChI=1S/C15H20N6/c1-4-12-13(9-16)15(20-19-14(12)5-2)18-11(3)10-21-8-6-7-17-21/h6-8,11H,4-5,10H2,1-3H3,(H,18,20). The molecular weight excluding hydrogens is 264 g/mol. The quantitative estimate of drug-likeness (QED) is 0.879. The van der Waals surface area contributed by atoms with Crippen LogP contribution in [0.3, 0.4) is 0 Å². The highest BCUT2D eigenvalue weighted by Gasteiger charge is 2.15. The van der Waals surface area contributed by atoms with Gasteiger partial charge in [-0.1, -0.05) is 13.8 Å². The Morgan fingerprint density at radius 2 is 2.14 bits per heavy atom. The average molecular weight is 284 g/mol. The summed E-state index contributed by atoms with van der Waals surface area (Å²) in [5.74, 6) is 0.561. The molecule has 1 unspecified atom stereocenters. The van der Waals surface area contributed by atoms with Crippen LogP contribution in [0.1, 0.15) is 37.6 Å². The third kappa shape index (κ3) is 3.37. The van der Waals surface area contributed by atoms with Crippen molar-refractivity contribution in [1.29, 1.82) is 5.26 Å². The highest BCUT2D eigenvalue weighted by Crippen LogP contribution is 2.20. The maximum absolute atomic E-state index is 9.44. The lowest BCUT2D eigenvalue weighted by molar-refractivity contribution is 0.558. The molecule has 2 aromatic rings. The normalized spacial score (nSPS) is 11.9. The van der Waals surface area contributed by atoms with E-state index in [1.807, 2.05) is 37.7 Å². The van der Waals surface area contributed by atoms with Crippen LogP contribution in [0.2, 0.25) is 0 Å². The summed E-state index contributed by atoms with van der Waals surface area (Å²) in [7, 11) is 0. The number of nitrogens with one attached hydrogen (secondary N) is 1. The van der Waals surface area contributed by atoms with Crippen LogP contribution in [0, 0.1) is 11.3 Å². The van der Waals surface area contributed by atoms with Crippen molar-refractivity contribution in [2.75, 3.05) is 5.32 Å². The molecule has 0 aliphatic rings. The second kappa shape index (κ2) is 6.84. The molecule has 0 amide bonds. The molecule has 2 rings (SSSR count). The molecule has 1 N–H and O–H groups in total. The van der Waals surface area contributed by atoms with Crippen LogP contribution in [0.15, 0.2) is 18.5 Å². The third-order valence-corrected chi connectivity index (χ3v) is 3.36. The Morgan fingerprint density at radius 3 is 2.71 bits per heavy atom. The van der Waals surface area contributed by atoms with Gasteiger partial charge in [-0.15, -0.1) is 5.10 Å². The van der Waals surface area contributed by atoms with Gasteiger partial charge in [-0.2, -0.15) is 15.5 Å². The number of nitriles is 1. The Hall–Kier alpha value is -2.42. The second-order valence-electron chi connectivity index (χ2n) is 4.94. The van der Waals surface area contributed by atoms with Gasteiger partial charge in [-0.05, 0) is 31.4 Å². The minimum atomic E-state index is 0.100. The number of anilines is 1. The molecule has 21 heavy (non-hydrogen) atoms. The summed E-state index contributed by atoms with van der Waals surface area (Å²) in [6.07, 6.45) is 5.23. The smallest absolute Gasteiger partial charge is 0.167 e. The third-order valence-electron chi connectivity index (χ3n) is 3.36. The molecule has 1 atom stereocenters. The maximum atomic E-state index is 9.44. The fourth-order valence-electron chi connectivity index (χ4n) is 2.36. The van der Waals surface area contributed by atoms with E-state index in [1.54, 1.807) is 6.20 Å². The first-order valence-corrected chi connectivity index (χ1v) is 7.22. The van der Waals surface area contributed by atoms with Crippen LogP contribution >= 0.6 is 0 Å². The van der Waals surface area contributed by atoms with Gasteiger partial charge in [0.25, 0.3) is 0 Å². The van der Waals surface area contributed by atoms with Gasteiger partial charge in [0.2, 0.25) is 0 Å². The van der Waals surface area contributed by atoms with E-state index in [0.29, 0.717) is 17.9 Å². The topological polar surface area (TPSA) is 79.4 Å². The summed E-state index contributed by atoms with van der Waals surface area (Å²) in [5.41, 5.74) is 2.50. The van der Waals surface area contributed by atoms with Gasteiger partial charge in [0.15, 0.2) is 5.82 Å². The number of aromatic nitrogens is 4. The van der Waals surface area contributed by atoms with E-state index in [1.165, 1.54) is 0 Å². The van der Waals surface area contributed by atoms with Crippen LogP contribution in [0.4, 0.5) is 5.82 Å². The number of hydrogen-bond acceptors (Lipinski definition) is 5. The molecule has 0 aliphatic carbocycles. The van der Waals surface area contributed by atoms with Crippen molar-refractivity contribution in [3.63, 3.8) is 0 Å². The fraction of sp³-hybridized carbons (Fsp3) is 0.467. The van der Waals surface area contributed by atoms with Crippen LogP contribution < -0.4 is 5.32 Å².